The van der Waals surface area contributed by atoms with Crippen LogP contribution < -0.4 is 0 Å². The molecule has 28 heavy (non-hydrogen) atoms. The molecule has 0 fully saturated rings. The van der Waals surface area contributed by atoms with Gasteiger partial charge >= 0.3 is 0 Å². The topological polar surface area (TPSA) is 4.41 Å². The van der Waals surface area contributed by atoms with Crippen molar-refractivity contribution in [3.05, 3.63) is 89.4 Å². The maximum Gasteiger partial charge on any atom is 0.0631 e. The summed E-state index contributed by atoms with van der Waals surface area (Å²) in [6, 6.07) is 30.9. The SMILES string of the molecule is Brc1cc2ccccc2c2c1c1cccc3c4cccc5cccc(c54)n2c31. The fourth-order valence-corrected chi connectivity index (χ4v) is 5.72. The molecule has 130 valence electrons. The fourth-order valence-electron chi connectivity index (χ4n) is 5.07. The molecule has 5 aromatic carbocycles. The second kappa shape index (κ2) is 5.03. The van der Waals surface area contributed by atoms with Gasteiger partial charge in [-0.3, -0.25) is 0 Å². The number of hydrogen-bond donors (Lipinski definition) is 0. The number of halogens is 1. The fraction of sp³-hybridized carbons (Fsp3) is 0. The number of rotatable bonds is 0. The number of aromatic nitrogens is 1. The molecule has 0 N–H and O–H groups in total. The van der Waals surface area contributed by atoms with Gasteiger partial charge in [0.2, 0.25) is 0 Å². The van der Waals surface area contributed by atoms with Crippen molar-refractivity contribution >= 4 is 75.6 Å². The maximum atomic E-state index is 3.89. The zero-order valence-electron chi connectivity index (χ0n) is 14.9. The highest BCUT2D eigenvalue weighted by atomic mass is 79.9. The Labute approximate surface area is 169 Å². The summed E-state index contributed by atoms with van der Waals surface area (Å²) in [6.45, 7) is 0. The van der Waals surface area contributed by atoms with E-state index in [4.69, 9.17) is 0 Å². The molecule has 0 aliphatic rings. The molecule has 0 aliphatic heterocycles. The van der Waals surface area contributed by atoms with Crippen LogP contribution in [-0.4, -0.2) is 4.40 Å². The van der Waals surface area contributed by atoms with E-state index in [-0.39, 0.29) is 0 Å². The molecule has 2 heteroatoms. The summed E-state index contributed by atoms with van der Waals surface area (Å²) in [5, 5.41) is 10.4. The van der Waals surface area contributed by atoms with E-state index in [0.29, 0.717) is 0 Å². The zero-order chi connectivity index (χ0) is 18.4. The molecule has 0 spiro atoms. The lowest BCUT2D eigenvalue weighted by Gasteiger charge is -2.13. The Morgan fingerprint density at radius 3 is 2.14 bits per heavy atom. The van der Waals surface area contributed by atoms with E-state index in [1.165, 1.54) is 59.6 Å². The number of nitrogens with zero attached hydrogens (tertiary/aromatic N) is 1. The van der Waals surface area contributed by atoms with Crippen LogP contribution in [0.15, 0.2) is 89.4 Å². The third kappa shape index (κ3) is 1.64. The van der Waals surface area contributed by atoms with Crippen molar-refractivity contribution in [3.63, 3.8) is 0 Å². The summed E-state index contributed by atoms with van der Waals surface area (Å²) in [6.07, 6.45) is 0. The maximum absolute atomic E-state index is 3.89. The van der Waals surface area contributed by atoms with Crippen molar-refractivity contribution in [1.29, 1.82) is 0 Å². The van der Waals surface area contributed by atoms with E-state index in [2.05, 4.69) is 105 Å². The zero-order valence-corrected chi connectivity index (χ0v) is 16.5. The highest BCUT2D eigenvalue weighted by Gasteiger charge is 2.20. The highest BCUT2D eigenvalue weighted by molar-refractivity contribution is 9.10. The Morgan fingerprint density at radius 1 is 0.536 bits per heavy atom. The average molecular weight is 420 g/mol. The molecular weight excluding hydrogens is 406 g/mol. The van der Waals surface area contributed by atoms with Crippen LogP contribution in [0.25, 0.3) is 59.6 Å². The van der Waals surface area contributed by atoms with Crippen LogP contribution in [0.4, 0.5) is 0 Å². The van der Waals surface area contributed by atoms with E-state index in [1.807, 2.05) is 0 Å². The minimum atomic E-state index is 1.15. The summed E-state index contributed by atoms with van der Waals surface area (Å²) in [7, 11) is 0. The molecule has 7 aromatic rings. The summed E-state index contributed by atoms with van der Waals surface area (Å²) in [5.41, 5.74) is 3.87. The van der Waals surface area contributed by atoms with Crippen molar-refractivity contribution in [2.24, 2.45) is 0 Å². The first kappa shape index (κ1) is 14.9. The van der Waals surface area contributed by atoms with E-state index >= 15 is 0 Å². The largest absolute Gasteiger partial charge is 0.307 e. The number of para-hydroxylation sites is 1. The van der Waals surface area contributed by atoms with Crippen LogP contribution in [-0.2, 0) is 0 Å². The monoisotopic (exact) mass is 419 g/mol. The Kier molecular flexibility index (Phi) is 2.68. The van der Waals surface area contributed by atoms with Gasteiger partial charge in [0.05, 0.1) is 16.6 Å². The first-order chi connectivity index (χ1) is 13.8. The van der Waals surface area contributed by atoms with Crippen LogP contribution in [0.3, 0.4) is 0 Å². The van der Waals surface area contributed by atoms with Gasteiger partial charge in [-0.05, 0) is 28.3 Å². The molecule has 0 saturated heterocycles. The molecule has 0 bridgehead atoms. The van der Waals surface area contributed by atoms with Gasteiger partial charge in [-0.25, -0.2) is 0 Å². The molecular formula is C26H14BrN. The van der Waals surface area contributed by atoms with Crippen molar-refractivity contribution in [2.75, 3.05) is 0 Å². The predicted octanol–water partition coefficient (Wildman–Crippen LogP) is 7.91. The second-order valence-electron chi connectivity index (χ2n) is 7.52. The molecule has 0 atom stereocenters. The van der Waals surface area contributed by atoms with Crippen molar-refractivity contribution < 1.29 is 0 Å². The highest BCUT2D eigenvalue weighted by Crippen LogP contribution is 2.44. The van der Waals surface area contributed by atoms with E-state index in [1.54, 1.807) is 0 Å². The lowest BCUT2D eigenvalue weighted by molar-refractivity contribution is 1.36. The van der Waals surface area contributed by atoms with E-state index in [0.717, 1.165) is 4.47 Å². The third-order valence-corrected chi connectivity index (χ3v) is 6.77. The van der Waals surface area contributed by atoms with Crippen molar-refractivity contribution in [1.82, 2.24) is 4.40 Å². The lowest BCUT2D eigenvalue weighted by atomic mass is 9.99. The first-order valence-corrected chi connectivity index (χ1v) is 10.3. The molecule has 2 heterocycles. The molecule has 0 amide bonds. The van der Waals surface area contributed by atoms with Gasteiger partial charge in [-0.1, -0.05) is 88.7 Å². The van der Waals surface area contributed by atoms with Crippen LogP contribution in [0.1, 0.15) is 0 Å². The van der Waals surface area contributed by atoms with Gasteiger partial charge in [0.25, 0.3) is 0 Å². The van der Waals surface area contributed by atoms with Gasteiger partial charge in [0, 0.05) is 31.4 Å². The van der Waals surface area contributed by atoms with Gasteiger partial charge in [-0.2, -0.15) is 0 Å². The van der Waals surface area contributed by atoms with Gasteiger partial charge in [0.1, 0.15) is 0 Å². The number of benzene rings is 5. The smallest absolute Gasteiger partial charge is 0.0631 e. The standard InChI is InChI=1S/C26H14BrN/c27-21-14-16-6-1-2-9-17(16)26-24(21)20-12-5-11-19-18-10-3-7-15-8-4-13-22(23(15)18)28(26)25(19)20/h1-14H. The Bertz CT molecular complexity index is 1720. The molecule has 0 unspecified atom stereocenters. The van der Waals surface area contributed by atoms with E-state index in [9.17, 15) is 0 Å². The second-order valence-corrected chi connectivity index (χ2v) is 8.38. The molecule has 1 nitrogen and oxygen atoms in total. The molecule has 0 radical (unpaired) electrons. The summed E-state index contributed by atoms with van der Waals surface area (Å²) in [4.78, 5) is 0. The Morgan fingerprint density at radius 2 is 1.21 bits per heavy atom. The normalized spacial score (nSPS) is 12.5. The number of fused-ring (bicyclic) bond motifs is 7. The molecule has 7 rings (SSSR count). The van der Waals surface area contributed by atoms with Crippen LogP contribution in [0.5, 0.6) is 0 Å². The minimum absolute atomic E-state index is 1.15. The number of pyridine rings is 1. The van der Waals surface area contributed by atoms with E-state index < -0.39 is 0 Å². The average Bonchev–Trinajstić information content (AvgIpc) is 3.09. The minimum Gasteiger partial charge on any atom is -0.307 e. The van der Waals surface area contributed by atoms with Crippen molar-refractivity contribution in [3.8, 4) is 0 Å². The summed E-state index contributed by atoms with van der Waals surface area (Å²) < 4.78 is 3.64. The first-order valence-electron chi connectivity index (χ1n) is 9.50. The predicted molar refractivity (Wildman–Crippen MR) is 124 cm³/mol. The third-order valence-electron chi connectivity index (χ3n) is 6.14. The van der Waals surface area contributed by atoms with Crippen molar-refractivity contribution in [2.45, 2.75) is 0 Å². The van der Waals surface area contributed by atoms with Gasteiger partial charge in [0.15, 0.2) is 0 Å². The Hall–Kier alpha value is -3.10. The molecule has 0 saturated carbocycles. The molecule has 0 aliphatic carbocycles. The van der Waals surface area contributed by atoms with Gasteiger partial charge < -0.3 is 4.40 Å². The lowest BCUT2D eigenvalue weighted by Crippen LogP contribution is -1.92. The molecule has 2 aromatic heterocycles. The summed E-state index contributed by atoms with van der Waals surface area (Å²) >= 11 is 3.89. The van der Waals surface area contributed by atoms with Crippen LogP contribution >= 0.6 is 15.9 Å². The van der Waals surface area contributed by atoms with Crippen LogP contribution in [0, 0.1) is 0 Å². The summed E-state index contributed by atoms with van der Waals surface area (Å²) in [5.74, 6) is 0. The van der Waals surface area contributed by atoms with Crippen LogP contribution in [0.2, 0.25) is 0 Å². The Balaban J connectivity index is 2.00. The number of hydrogen-bond acceptors (Lipinski definition) is 0. The quantitative estimate of drug-likeness (QED) is 0.173. The van der Waals surface area contributed by atoms with Gasteiger partial charge in [-0.15, -0.1) is 0 Å².